The third kappa shape index (κ3) is 5.31. The number of carbonyl (C=O) groups is 1. The second-order valence-electron chi connectivity index (χ2n) is 9.27. The van der Waals surface area contributed by atoms with E-state index in [9.17, 15) is 18.0 Å². The van der Waals surface area contributed by atoms with E-state index in [4.69, 9.17) is 4.74 Å². The number of benzene rings is 4. The summed E-state index contributed by atoms with van der Waals surface area (Å²) in [6, 6.07) is 23.1. The van der Waals surface area contributed by atoms with Gasteiger partial charge in [0.15, 0.2) is 0 Å². The Bertz CT molecular complexity index is 1940. The minimum Gasteiger partial charge on any atom is -0.492 e. The SMILES string of the molecule is CCOc1cc2ncnc(Nc3cccc(C(F)(F)F)c3)c2cc1NC(=O)c1ccc2nc3ccccc3cc2c1. The van der Waals surface area contributed by atoms with Gasteiger partial charge in [0.05, 0.1) is 34.4 Å². The summed E-state index contributed by atoms with van der Waals surface area (Å²) in [5, 5.41) is 8.12. The number of halogens is 3. The maximum atomic E-state index is 13.4. The molecule has 7 nitrogen and oxygen atoms in total. The molecule has 0 saturated heterocycles. The molecule has 2 heterocycles. The number of rotatable bonds is 6. The summed E-state index contributed by atoms with van der Waals surface area (Å²) in [4.78, 5) is 26.6. The summed E-state index contributed by atoms with van der Waals surface area (Å²) >= 11 is 0. The van der Waals surface area contributed by atoms with Gasteiger partial charge in [0.1, 0.15) is 17.9 Å². The van der Waals surface area contributed by atoms with Crippen molar-refractivity contribution in [2.45, 2.75) is 13.1 Å². The number of anilines is 3. The average Bonchev–Trinajstić information content (AvgIpc) is 2.96. The molecule has 0 fully saturated rings. The van der Waals surface area contributed by atoms with E-state index in [-0.39, 0.29) is 17.4 Å². The number of aromatic nitrogens is 3. The van der Waals surface area contributed by atoms with Crippen LogP contribution >= 0.6 is 0 Å². The summed E-state index contributed by atoms with van der Waals surface area (Å²) in [6.07, 6.45) is -3.18. The standard InChI is InChI=1S/C31H22F3N5O2/c1-2-41-28-16-26-23(29(36-17-35-26)37-22-8-5-7-21(14-22)31(32,33)34)15-27(28)39-30(40)19-10-11-25-20(13-19)12-18-6-3-4-9-24(18)38-25/h3-17H,2H2,1H3,(H,39,40)(H,35,36,37). The molecule has 0 aliphatic rings. The molecule has 0 unspecified atom stereocenters. The fourth-order valence-electron chi connectivity index (χ4n) is 4.58. The molecule has 10 heteroatoms. The summed E-state index contributed by atoms with van der Waals surface area (Å²) < 4.78 is 45.5. The highest BCUT2D eigenvalue weighted by molar-refractivity contribution is 6.09. The molecule has 6 aromatic rings. The van der Waals surface area contributed by atoms with Crippen LogP contribution in [0.1, 0.15) is 22.8 Å². The Balaban J connectivity index is 1.35. The van der Waals surface area contributed by atoms with E-state index in [0.29, 0.717) is 34.5 Å². The topological polar surface area (TPSA) is 89.0 Å². The van der Waals surface area contributed by atoms with Crippen LogP contribution in [0.2, 0.25) is 0 Å². The van der Waals surface area contributed by atoms with Crippen molar-refractivity contribution in [3.05, 3.63) is 102 Å². The first-order valence-corrected chi connectivity index (χ1v) is 12.8. The first kappa shape index (κ1) is 26.0. The van der Waals surface area contributed by atoms with E-state index < -0.39 is 11.7 Å². The van der Waals surface area contributed by atoms with Crippen molar-refractivity contribution in [2.75, 3.05) is 17.2 Å². The van der Waals surface area contributed by atoms with Crippen molar-refractivity contribution in [2.24, 2.45) is 0 Å². The van der Waals surface area contributed by atoms with E-state index in [0.717, 1.165) is 33.9 Å². The molecule has 0 radical (unpaired) electrons. The highest BCUT2D eigenvalue weighted by Crippen LogP contribution is 2.35. The second-order valence-corrected chi connectivity index (χ2v) is 9.27. The largest absolute Gasteiger partial charge is 0.492 e. The second kappa shape index (κ2) is 10.4. The van der Waals surface area contributed by atoms with Crippen molar-refractivity contribution < 1.29 is 22.7 Å². The van der Waals surface area contributed by atoms with Gasteiger partial charge in [-0.3, -0.25) is 4.79 Å². The zero-order valence-corrected chi connectivity index (χ0v) is 21.7. The highest BCUT2D eigenvalue weighted by atomic mass is 19.4. The third-order valence-electron chi connectivity index (χ3n) is 6.52. The number of nitrogens with one attached hydrogen (secondary N) is 2. The molecule has 0 saturated carbocycles. The smallest absolute Gasteiger partial charge is 0.416 e. The van der Waals surface area contributed by atoms with Crippen molar-refractivity contribution >= 4 is 55.8 Å². The van der Waals surface area contributed by atoms with E-state index in [1.54, 1.807) is 30.3 Å². The number of hydrogen-bond acceptors (Lipinski definition) is 6. The van der Waals surface area contributed by atoms with Crippen LogP contribution in [0.5, 0.6) is 5.75 Å². The van der Waals surface area contributed by atoms with Crippen LogP contribution < -0.4 is 15.4 Å². The molecule has 204 valence electrons. The van der Waals surface area contributed by atoms with Crippen LogP contribution in [0, 0.1) is 0 Å². The number of para-hydroxylation sites is 1. The highest BCUT2D eigenvalue weighted by Gasteiger charge is 2.30. The van der Waals surface area contributed by atoms with Crippen LogP contribution in [0.4, 0.5) is 30.4 Å². The van der Waals surface area contributed by atoms with Crippen molar-refractivity contribution in [3.8, 4) is 5.75 Å². The van der Waals surface area contributed by atoms with Gasteiger partial charge < -0.3 is 15.4 Å². The number of fused-ring (bicyclic) bond motifs is 3. The Kier molecular flexibility index (Phi) is 6.58. The third-order valence-corrected chi connectivity index (χ3v) is 6.52. The van der Waals surface area contributed by atoms with Gasteiger partial charge in [-0.15, -0.1) is 0 Å². The van der Waals surface area contributed by atoms with Crippen LogP contribution in [0.3, 0.4) is 0 Å². The molecule has 1 amide bonds. The Morgan fingerprint density at radius 2 is 1.68 bits per heavy atom. The number of alkyl halides is 3. The molecule has 0 bridgehead atoms. The molecule has 6 rings (SSSR count). The lowest BCUT2D eigenvalue weighted by atomic mass is 10.1. The quantitative estimate of drug-likeness (QED) is 0.205. The molecular formula is C31H22F3N5O2. The molecule has 0 atom stereocenters. The minimum absolute atomic E-state index is 0.205. The first-order chi connectivity index (χ1) is 19.8. The Labute approximate surface area is 232 Å². The maximum absolute atomic E-state index is 13.4. The number of hydrogen-bond donors (Lipinski definition) is 2. The summed E-state index contributed by atoms with van der Waals surface area (Å²) in [6.45, 7) is 2.15. The number of ether oxygens (including phenoxy) is 1. The van der Waals surface area contributed by atoms with E-state index >= 15 is 0 Å². The lowest BCUT2D eigenvalue weighted by Crippen LogP contribution is -2.13. The zero-order valence-electron chi connectivity index (χ0n) is 21.7. The average molecular weight is 554 g/mol. The number of pyridine rings is 1. The van der Waals surface area contributed by atoms with Crippen LogP contribution in [-0.2, 0) is 6.18 Å². The first-order valence-electron chi connectivity index (χ1n) is 12.8. The van der Waals surface area contributed by atoms with Gasteiger partial charge >= 0.3 is 6.18 Å². The molecule has 0 aliphatic carbocycles. The molecule has 2 aromatic heterocycles. The number of amides is 1. The van der Waals surface area contributed by atoms with Crippen molar-refractivity contribution in [3.63, 3.8) is 0 Å². The van der Waals surface area contributed by atoms with Gasteiger partial charge in [-0.2, -0.15) is 13.2 Å². The number of nitrogens with zero attached hydrogens (tertiary/aromatic N) is 3. The molecule has 4 aromatic carbocycles. The summed E-state index contributed by atoms with van der Waals surface area (Å²) in [5.41, 5.74) is 2.32. The Morgan fingerprint density at radius 3 is 2.51 bits per heavy atom. The van der Waals surface area contributed by atoms with Crippen LogP contribution in [0.15, 0.2) is 91.3 Å². The Hall–Kier alpha value is -5.25. The normalized spacial score (nSPS) is 11.6. The number of carbonyl (C=O) groups excluding carboxylic acids is 1. The van der Waals surface area contributed by atoms with E-state index in [2.05, 4.69) is 25.6 Å². The van der Waals surface area contributed by atoms with Gasteiger partial charge in [-0.1, -0.05) is 24.3 Å². The summed E-state index contributed by atoms with van der Waals surface area (Å²) in [5.74, 6) is 0.298. The van der Waals surface area contributed by atoms with Crippen LogP contribution in [0.25, 0.3) is 32.7 Å². The lowest BCUT2D eigenvalue weighted by Gasteiger charge is -2.15. The maximum Gasteiger partial charge on any atom is 0.416 e. The molecule has 0 spiro atoms. The van der Waals surface area contributed by atoms with Gasteiger partial charge in [-0.05, 0) is 61.5 Å². The van der Waals surface area contributed by atoms with Crippen molar-refractivity contribution in [1.29, 1.82) is 0 Å². The monoisotopic (exact) mass is 553 g/mol. The van der Waals surface area contributed by atoms with Crippen molar-refractivity contribution in [1.82, 2.24) is 15.0 Å². The predicted molar refractivity (Wildman–Crippen MR) is 153 cm³/mol. The lowest BCUT2D eigenvalue weighted by molar-refractivity contribution is -0.137. The van der Waals surface area contributed by atoms with E-state index in [1.807, 2.05) is 37.3 Å². The Morgan fingerprint density at radius 1 is 0.854 bits per heavy atom. The molecule has 41 heavy (non-hydrogen) atoms. The van der Waals surface area contributed by atoms with Crippen LogP contribution in [-0.4, -0.2) is 27.5 Å². The summed E-state index contributed by atoms with van der Waals surface area (Å²) in [7, 11) is 0. The molecule has 2 N–H and O–H groups in total. The van der Waals surface area contributed by atoms with Gasteiger partial charge in [0.25, 0.3) is 5.91 Å². The van der Waals surface area contributed by atoms with Gasteiger partial charge in [-0.25, -0.2) is 15.0 Å². The van der Waals surface area contributed by atoms with E-state index in [1.165, 1.54) is 18.5 Å². The molecule has 0 aliphatic heterocycles. The minimum atomic E-state index is -4.48. The molecular weight excluding hydrogens is 531 g/mol. The fourth-order valence-corrected chi connectivity index (χ4v) is 4.58. The fraction of sp³-hybridized carbons (Fsp3) is 0.0968. The zero-order chi connectivity index (χ0) is 28.6. The van der Waals surface area contributed by atoms with Gasteiger partial charge in [0, 0.05) is 33.5 Å². The predicted octanol–water partition coefficient (Wildman–Crippen LogP) is 7.74. The van der Waals surface area contributed by atoms with Gasteiger partial charge in [0.2, 0.25) is 0 Å².